The number of likely N-dealkylation sites (tertiary alicyclic amines) is 1. The van der Waals surface area contributed by atoms with Gasteiger partial charge >= 0.3 is 0 Å². The van der Waals surface area contributed by atoms with Crippen molar-refractivity contribution in [2.24, 2.45) is 5.41 Å². The molecule has 0 saturated carbocycles. The summed E-state index contributed by atoms with van der Waals surface area (Å²) in [5.41, 5.74) is 1.36. The lowest BCUT2D eigenvalue weighted by Gasteiger charge is -2.40. The lowest BCUT2D eigenvalue weighted by Crippen LogP contribution is -2.48. The number of nitrogens with one attached hydrogen (secondary N) is 1. The van der Waals surface area contributed by atoms with Crippen molar-refractivity contribution in [1.29, 1.82) is 0 Å². The third kappa shape index (κ3) is 5.93. The molecule has 0 aliphatic carbocycles. The third-order valence-electron chi connectivity index (χ3n) is 6.75. The maximum atomic E-state index is 12.8. The first-order valence-corrected chi connectivity index (χ1v) is 11.9. The maximum absolute atomic E-state index is 12.8. The summed E-state index contributed by atoms with van der Waals surface area (Å²) >= 11 is 0. The molecule has 0 spiro atoms. The van der Waals surface area contributed by atoms with Crippen molar-refractivity contribution in [2.75, 3.05) is 39.4 Å². The zero-order valence-electron chi connectivity index (χ0n) is 19.4. The van der Waals surface area contributed by atoms with E-state index in [2.05, 4.69) is 36.2 Å². The molecule has 2 aromatic rings. The zero-order chi connectivity index (χ0) is 22.4. The molecule has 1 N–H and O–H groups in total. The van der Waals surface area contributed by atoms with Crippen LogP contribution in [-0.2, 0) is 11.3 Å². The van der Waals surface area contributed by atoms with E-state index in [9.17, 15) is 4.79 Å². The molecule has 2 aliphatic rings. The number of carbonyl (C=O) groups is 1. The smallest absolute Gasteiger partial charge is 0.287 e. The molecule has 0 radical (unpaired) electrons. The minimum absolute atomic E-state index is 0.0823. The Morgan fingerprint density at radius 2 is 1.81 bits per heavy atom. The summed E-state index contributed by atoms with van der Waals surface area (Å²) in [5.74, 6) is 2.10. The van der Waals surface area contributed by atoms with Gasteiger partial charge in [-0.3, -0.25) is 4.79 Å². The van der Waals surface area contributed by atoms with Crippen LogP contribution in [0, 0.1) is 5.41 Å². The second kappa shape index (κ2) is 10.5. The normalized spacial score (nSPS) is 18.7. The standard InChI is InChI=1S/C26H36N2O4/c1-20(2)21-5-7-22(8-6-21)31-17-23-9-10-24(32-23)25(29)27-18-26(11-15-30-16-12-26)19-28-13-3-4-14-28/h5-10,20H,3-4,11-19H2,1-2H3,(H,27,29). The molecular formula is C26H36N2O4. The van der Waals surface area contributed by atoms with Crippen LogP contribution in [0.5, 0.6) is 5.75 Å². The minimum atomic E-state index is -0.162. The fourth-order valence-corrected chi connectivity index (χ4v) is 4.65. The third-order valence-corrected chi connectivity index (χ3v) is 6.75. The molecule has 0 atom stereocenters. The lowest BCUT2D eigenvalue weighted by molar-refractivity contribution is -0.000762. The van der Waals surface area contributed by atoms with Crippen LogP contribution in [0.25, 0.3) is 0 Å². The number of rotatable bonds is 9. The van der Waals surface area contributed by atoms with Crippen LogP contribution in [0.15, 0.2) is 40.8 Å². The molecule has 2 fully saturated rings. The number of amides is 1. The molecule has 6 nitrogen and oxygen atoms in total. The van der Waals surface area contributed by atoms with Crippen molar-refractivity contribution in [3.8, 4) is 5.75 Å². The number of carbonyl (C=O) groups excluding carboxylic acids is 1. The number of hydrogen-bond acceptors (Lipinski definition) is 5. The van der Waals surface area contributed by atoms with Crippen LogP contribution >= 0.6 is 0 Å². The number of ether oxygens (including phenoxy) is 2. The van der Waals surface area contributed by atoms with Crippen molar-refractivity contribution in [3.63, 3.8) is 0 Å². The first-order chi connectivity index (χ1) is 15.5. The summed E-state index contributed by atoms with van der Waals surface area (Å²) in [6.07, 6.45) is 4.52. The van der Waals surface area contributed by atoms with Crippen molar-refractivity contribution in [2.45, 2.75) is 52.1 Å². The highest BCUT2D eigenvalue weighted by atomic mass is 16.5. The Morgan fingerprint density at radius 3 is 2.50 bits per heavy atom. The Bertz CT molecular complexity index is 862. The Labute approximate surface area is 191 Å². The fraction of sp³-hybridized carbons (Fsp3) is 0.577. The zero-order valence-corrected chi connectivity index (χ0v) is 19.4. The highest BCUT2D eigenvalue weighted by molar-refractivity contribution is 5.91. The molecule has 32 heavy (non-hydrogen) atoms. The van der Waals surface area contributed by atoms with Gasteiger partial charge in [-0.2, -0.15) is 0 Å². The van der Waals surface area contributed by atoms with Gasteiger partial charge in [-0.25, -0.2) is 0 Å². The number of furan rings is 1. The summed E-state index contributed by atoms with van der Waals surface area (Å²) in [6, 6.07) is 11.6. The monoisotopic (exact) mass is 440 g/mol. The molecule has 6 heteroatoms. The number of benzene rings is 1. The Kier molecular flexibility index (Phi) is 7.53. The van der Waals surface area contributed by atoms with Gasteiger partial charge in [0, 0.05) is 31.7 Å². The first kappa shape index (κ1) is 22.9. The number of hydrogen-bond donors (Lipinski definition) is 1. The van der Waals surface area contributed by atoms with E-state index in [-0.39, 0.29) is 11.3 Å². The van der Waals surface area contributed by atoms with E-state index in [1.165, 1.54) is 18.4 Å². The topological polar surface area (TPSA) is 63.9 Å². The summed E-state index contributed by atoms with van der Waals surface area (Å²) in [6.45, 7) is 10.2. The van der Waals surface area contributed by atoms with Gasteiger partial charge in [0.15, 0.2) is 5.76 Å². The van der Waals surface area contributed by atoms with E-state index >= 15 is 0 Å². The average molecular weight is 441 g/mol. The molecule has 3 heterocycles. The highest BCUT2D eigenvalue weighted by Crippen LogP contribution is 2.32. The van der Waals surface area contributed by atoms with Crippen molar-refractivity contribution < 1.29 is 18.7 Å². The van der Waals surface area contributed by atoms with Crippen LogP contribution in [0.2, 0.25) is 0 Å². The molecule has 174 valence electrons. The Morgan fingerprint density at radius 1 is 1.09 bits per heavy atom. The van der Waals surface area contributed by atoms with Crippen LogP contribution in [0.4, 0.5) is 0 Å². The minimum Gasteiger partial charge on any atom is -0.486 e. The summed E-state index contributed by atoms with van der Waals surface area (Å²) in [7, 11) is 0. The van der Waals surface area contributed by atoms with Gasteiger partial charge in [-0.15, -0.1) is 0 Å². The van der Waals surface area contributed by atoms with E-state index < -0.39 is 0 Å². The molecule has 1 aromatic heterocycles. The molecular weight excluding hydrogens is 404 g/mol. The fourth-order valence-electron chi connectivity index (χ4n) is 4.65. The lowest BCUT2D eigenvalue weighted by atomic mass is 9.79. The summed E-state index contributed by atoms with van der Waals surface area (Å²) in [5, 5.41) is 3.13. The second-order valence-electron chi connectivity index (χ2n) is 9.56. The maximum Gasteiger partial charge on any atom is 0.287 e. The molecule has 1 aromatic carbocycles. The highest BCUT2D eigenvalue weighted by Gasteiger charge is 2.35. The van der Waals surface area contributed by atoms with Crippen LogP contribution < -0.4 is 10.1 Å². The average Bonchev–Trinajstić information content (AvgIpc) is 3.49. The van der Waals surface area contributed by atoms with E-state index in [1.54, 1.807) is 6.07 Å². The van der Waals surface area contributed by atoms with E-state index in [1.807, 2.05) is 18.2 Å². The van der Waals surface area contributed by atoms with Gasteiger partial charge in [0.1, 0.15) is 18.1 Å². The van der Waals surface area contributed by atoms with Crippen LogP contribution in [-0.4, -0.2) is 50.2 Å². The molecule has 1 amide bonds. The number of nitrogens with zero attached hydrogens (tertiary/aromatic N) is 1. The van der Waals surface area contributed by atoms with E-state index in [0.717, 1.165) is 51.4 Å². The quantitative estimate of drug-likeness (QED) is 0.617. The predicted octanol–water partition coefficient (Wildman–Crippen LogP) is 4.60. The van der Waals surface area contributed by atoms with Gasteiger partial charge in [0.05, 0.1) is 0 Å². The van der Waals surface area contributed by atoms with Crippen molar-refractivity contribution in [3.05, 3.63) is 53.5 Å². The van der Waals surface area contributed by atoms with Gasteiger partial charge in [-0.05, 0) is 74.5 Å². The molecule has 4 rings (SSSR count). The Hall–Kier alpha value is -2.31. The first-order valence-electron chi connectivity index (χ1n) is 11.9. The van der Waals surface area contributed by atoms with Crippen molar-refractivity contribution in [1.82, 2.24) is 10.2 Å². The van der Waals surface area contributed by atoms with E-state index in [4.69, 9.17) is 13.9 Å². The molecule has 0 unspecified atom stereocenters. The predicted molar refractivity (Wildman–Crippen MR) is 124 cm³/mol. The largest absolute Gasteiger partial charge is 0.486 e. The summed E-state index contributed by atoms with van der Waals surface area (Å²) < 4.78 is 17.2. The van der Waals surface area contributed by atoms with Crippen LogP contribution in [0.3, 0.4) is 0 Å². The molecule has 2 saturated heterocycles. The van der Waals surface area contributed by atoms with E-state index in [0.29, 0.717) is 30.6 Å². The van der Waals surface area contributed by atoms with Crippen LogP contribution in [0.1, 0.15) is 67.3 Å². The van der Waals surface area contributed by atoms with Gasteiger partial charge in [0.2, 0.25) is 0 Å². The van der Waals surface area contributed by atoms with Crippen molar-refractivity contribution >= 4 is 5.91 Å². The second-order valence-corrected chi connectivity index (χ2v) is 9.56. The Balaban J connectivity index is 1.29. The SMILES string of the molecule is CC(C)c1ccc(OCc2ccc(C(=O)NCC3(CN4CCCC4)CCOCC3)o2)cc1. The van der Waals surface area contributed by atoms with Gasteiger partial charge in [-0.1, -0.05) is 26.0 Å². The van der Waals surface area contributed by atoms with Gasteiger partial charge < -0.3 is 24.1 Å². The summed E-state index contributed by atoms with van der Waals surface area (Å²) in [4.78, 5) is 15.3. The van der Waals surface area contributed by atoms with Gasteiger partial charge in [0.25, 0.3) is 5.91 Å². The molecule has 0 bridgehead atoms. The molecule has 2 aliphatic heterocycles.